The minimum absolute atomic E-state index is 0.00185. The summed E-state index contributed by atoms with van der Waals surface area (Å²) in [5.41, 5.74) is 0.777. The van der Waals surface area contributed by atoms with Crippen molar-refractivity contribution < 1.29 is 4.74 Å². The fourth-order valence-corrected chi connectivity index (χ4v) is 1.48. The maximum Gasteiger partial charge on any atom is 0.267 e. The fourth-order valence-electron chi connectivity index (χ4n) is 1.03. The minimum Gasteiger partial charge on any atom is -0.380 e. The van der Waals surface area contributed by atoms with E-state index < -0.39 is 0 Å². The highest BCUT2D eigenvalue weighted by Gasteiger charge is 2.07. The molecule has 1 aromatic heterocycles. The first-order valence-corrected chi connectivity index (χ1v) is 5.38. The Bertz CT molecular complexity index is 376. The second-order valence-corrected chi connectivity index (χ2v) is 4.23. The zero-order valence-corrected chi connectivity index (χ0v) is 10.6. The average Bonchev–Trinajstić information content (AvgIpc) is 2.19. The molecule has 1 atom stereocenters. The van der Waals surface area contributed by atoms with Crippen molar-refractivity contribution in [1.29, 1.82) is 0 Å². The molecule has 0 bridgehead atoms. The molecule has 0 saturated carbocycles. The molecule has 1 heterocycles. The van der Waals surface area contributed by atoms with Crippen molar-refractivity contribution in [2.45, 2.75) is 26.5 Å². The van der Waals surface area contributed by atoms with Gasteiger partial charge in [0.25, 0.3) is 5.56 Å². The van der Waals surface area contributed by atoms with Gasteiger partial charge in [-0.2, -0.15) is 0 Å². The van der Waals surface area contributed by atoms with Crippen LogP contribution in [-0.2, 0) is 11.3 Å². The van der Waals surface area contributed by atoms with Gasteiger partial charge < -0.3 is 4.74 Å². The van der Waals surface area contributed by atoms with Gasteiger partial charge in [0.05, 0.1) is 28.2 Å². The quantitative estimate of drug-likeness (QED) is 0.788. The van der Waals surface area contributed by atoms with Crippen molar-refractivity contribution in [3.63, 3.8) is 0 Å². The third kappa shape index (κ3) is 2.54. The van der Waals surface area contributed by atoms with E-state index in [2.05, 4.69) is 4.98 Å². The highest BCUT2D eigenvalue weighted by molar-refractivity contribution is 14.1. The van der Waals surface area contributed by atoms with Gasteiger partial charge >= 0.3 is 0 Å². The van der Waals surface area contributed by atoms with E-state index in [1.165, 1.54) is 0 Å². The summed E-state index contributed by atoms with van der Waals surface area (Å²) in [5.74, 6) is 0. The summed E-state index contributed by atoms with van der Waals surface area (Å²) in [5, 5.41) is 0. The van der Waals surface area contributed by atoms with Crippen LogP contribution in [0.3, 0.4) is 0 Å². The van der Waals surface area contributed by atoms with Gasteiger partial charge in [-0.05, 0) is 36.4 Å². The molecule has 0 amide bonds. The number of ether oxygens (including phenoxy) is 1. The molecule has 0 aliphatic heterocycles. The molecule has 5 heteroatoms. The number of methoxy groups -OCH3 is 1. The number of nitrogens with zero attached hydrogens (tertiary/aromatic N) is 2. The van der Waals surface area contributed by atoms with Crippen LogP contribution in [0.25, 0.3) is 0 Å². The predicted octanol–water partition coefficient (Wildman–Crippen LogP) is 1.19. The van der Waals surface area contributed by atoms with Crippen LogP contribution in [-0.4, -0.2) is 22.8 Å². The molecule has 78 valence electrons. The third-order valence-corrected chi connectivity index (χ3v) is 3.26. The monoisotopic (exact) mass is 308 g/mol. The number of aromatic nitrogens is 2. The predicted molar refractivity (Wildman–Crippen MR) is 62.4 cm³/mol. The molecule has 0 saturated heterocycles. The van der Waals surface area contributed by atoms with E-state index in [0.717, 1.165) is 5.69 Å². The van der Waals surface area contributed by atoms with E-state index in [-0.39, 0.29) is 11.7 Å². The molecule has 14 heavy (non-hydrogen) atoms. The smallest absolute Gasteiger partial charge is 0.267 e. The zero-order chi connectivity index (χ0) is 10.7. The maximum absolute atomic E-state index is 11.7. The van der Waals surface area contributed by atoms with E-state index in [1.807, 2.05) is 36.4 Å². The van der Waals surface area contributed by atoms with E-state index in [0.29, 0.717) is 10.1 Å². The van der Waals surface area contributed by atoms with Gasteiger partial charge in [-0.25, -0.2) is 4.98 Å². The van der Waals surface area contributed by atoms with Crippen molar-refractivity contribution in [2.75, 3.05) is 7.11 Å². The van der Waals surface area contributed by atoms with Gasteiger partial charge in [0.2, 0.25) is 0 Å². The third-order valence-electron chi connectivity index (χ3n) is 2.01. The summed E-state index contributed by atoms with van der Waals surface area (Å²) in [6, 6.07) is 0. The van der Waals surface area contributed by atoms with Crippen LogP contribution in [0.4, 0.5) is 0 Å². The van der Waals surface area contributed by atoms with Crippen LogP contribution in [0.5, 0.6) is 0 Å². The molecular weight excluding hydrogens is 295 g/mol. The summed E-state index contributed by atoms with van der Waals surface area (Å²) < 4.78 is 7.34. The Balaban J connectivity index is 3.00. The van der Waals surface area contributed by atoms with Crippen LogP contribution >= 0.6 is 22.6 Å². The molecule has 1 aromatic rings. The van der Waals surface area contributed by atoms with Crippen molar-refractivity contribution in [3.8, 4) is 0 Å². The largest absolute Gasteiger partial charge is 0.380 e. The number of aryl methyl sites for hydroxylation is 1. The lowest BCUT2D eigenvalue weighted by Gasteiger charge is -2.11. The highest BCUT2D eigenvalue weighted by Crippen LogP contribution is 2.02. The summed E-state index contributed by atoms with van der Waals surface area (Å²) in [7, 11) is 1.63. The van der Waals surface area contributed by atoms with Gasteiger partial charge in [-0.3, -0.25) is 9.36 Å². The molecule has 1 rings (SSSR count). The van der Waals surface area contributed by atoms with Crippen molar-refractivity contribution in [3.05, 3.63) is 25.9 Å². The van der Waals surface area contributed by atoms with Crippen LogP contribution in [0.15, 0.2) is 11.1 Å². The Labute approximate surface area is 96.4 Å². The minimum atomic E-state index is 0.00185. The number of halogens is 1. The number of rotatable bonds is 3. The first kappa shape index (κ1) is 11.6. The Morgan fingerprint density at radius 1 is 1.71 bits per heavy atom. The number of hydrogen-bond donors (Lipinski definition) is 0. The molecule has 4 nitrogen and oxygen atoms in total. The summed E-state index contributed by atoms with van der Waals surface area (Å²) in [6.07, 6.45) is 1.59. The highest BCUT2D eigenvalue weighted by atomic mass is 127. The van der Waals surface area contributed by atoms with Gasteiger partial charge in [0.15, 0.2) is 0 Å². The fraction of sp³-hybridized carbons (Fsp3) is 0.556. The summed E-state index contributed by atoms with van der Waals surface area (Å²) >= 11 is 2.02. The van der Waals surface area contributed by atoms with E-state index in [1.54, 1.807) is 18.0 Å². The Hall–Kier alpha value is -0.430. The molecule has 1 unspecified atom stereocenters. The normalized spacial score (nSPS) is 12.9. The second kappa shape index (κ2) is 4.88. The van der Waals surface area contributed by atoms with E-state index in [4.69, 9.17) is 4.74 Å². The lowest BCUT2D eigenvalue weighted by Crippen LogP contribution is -2.28. The van der Waals surface area contributed by atoms with Crippen LogP contribution in [0.2, 0.25) is 0 Å². The van der Waals surface area contributed by atoms with Crippen LogP contribution in [0, 0.1) is 10.5 Å². The lowest BCUT2D eigenvalue weighted by atomic mass is 10.4. The SMILES string of the molecule is COC(C)Cn1cnc(C)c(I)c1=O. The van der Waals surface area contributed by atoms with Gasteiger partial charge in [-0.1, -0.05) is 0 Å². The van der Waals surface area contributed by atoms with Crippen molar-refractivity contribution in [1.82, 2.24) is 9.55 Å². The molecule has 0 aliphatic rings. The van der Waals surface area contributed by atoms with E-state index >= 15 is 0 Å². The molecule has 0 aromatic carbocycles. The molecular formula is C9H13IN2O2. The summed E-state index contributed by atoms with van der Waals surface area (Å²) in [6.45, 7) is 4.28. The van der Waals surface area contributed by atoms with Gasteiger partial charge in [0.1, 0.15) is 0 Å². The number of hydrogen-bond acceptors (Lipinski definition) is 3. The first-order valence-electron chi connectivity index (χ1n) is 4.30. The standard InChI is InChI=1S/C9H13IN2O2/c1-6(14-3)4-12-5-11-7(2)8(10)9(12)13/h5-6H,4H2,1-3H3. The Morgan fingerprint density at radius 3 is 2.93 bits per heavy atom. The molecule has 0 aliphatic carbocycles. The second-order valence-electron chi connectivity index (χ2n) is 3.15. The Kier molecular flexibility index (Phi) is 4.06. The van der Waals surface area contributed by atoms with Gasteiger partial charge in [-0.15, -0.1) is 0 Å². The van der Waals surface area contributed by atoms with Crippen LogP contribution < -0.4 is 5.56 Å². The average molecular weight is 308 g/mol. The van der Waals surface area contributed by atoms with Crippen molar-refractivity contribution in [2.24, 2.45) is 0 Å². The molecule has 0 fully saturated rings. The molecule has 0 N–H and O–H groups in total. The van der Waals surface area contributed by atoms with Crippen molar-refractivity contribution >= 4 is 22.6 Å². The zero-order valence-electron chi connectivity index (χ0n) is 8.45. The first-order chi connectivity index (χ1) is 6.56. The van der Waals surface area contributed by atoms with Crippen LogP contribution in [0.1, 0.15) is 12.6 Å². The van der Waals surface area contributed by atoms with Gasteiger partial charge in [0, 0.05) is 7.11 Å². The topological polar surface area (TPSA) is 44.1 Å². The summed E-state index contributed by atoms with van der Waals surface area (Å²) in [4.78, 5) is 15.8. The lowest BCUT2D eigenvalue weighted by molar-refractivity contribution is 0.102. The maximum atomic E-state index is 11.7. The molecule has 0 spiro atoms. The Morgan fingerprint density at radius 2 is 2.36 bits per heavy atom. The molecule has 0 radical (unpaired) electrons. The van der Waals surface area contributed by atoms with E-state index in [9.17, 15) is 4.79 Å².